The average molecular weight is 374 g/mol. The smallest absolute Gasteiger partial charge is 0.253 e. The third-order valence-electron chi connectivity index (χ3n) is 4.47. The molecule has 7 nitrogen and oxygen atoms in total. The Kier molecular flexibility index (Phi) is 5.24. The van der Waals surface area contributed by atoms with Gasteiger partial charge in [-0.05, 0) is 36.4 Å². The number of carbonyl (C=O) groups excluding carboxylic acids is 1. The third kappa shape index (κ3) is 3.71. The van der Waals surface area contributed by atoms with E-state index in [0.29, 0.717) is 18.7 Å². The number of nitrogens with zero attached hydrogens (tertiary/aromatic N) is 4. The second-order valence-corrected chi connectivity index (χ2v) is 8.45. The molecule has 0 radical (unpaired) electrons. The van der Waals surface area contributed by atoms with Crippen LogP contribution in [0.4, 0.5) is 5.69 Å². The molecule has 2 aromatic rings. The van der Waals surface area contributed by atoms with Crippen LogP contribution in [0.3, 0.4) is 0 Å². The Balaban J connectivity index is 1.66. The predicted molar refractivity (Wildman–Crippen MR) is 99.7 cm³/mol. The van der Waals surface area contributed by atoms with E-state index in [9.17, 15) is 13.2 Å². The monoisotopic (exact) mass is 374 g/mol. The molecule has 26 heavy (non-hydrogen) atoms. The van der Waals surface area contributed by atoms with Crippen LogP contribution in [0.1, 0.15) is 10.4 Å². The summed E-state index contributed by atoms with van der Waals surface area (Å²) in [5, 5.41) is 0. The Hall–Kier alpha value is -2.45. The van der Waals surface area contributed by atoms with Crippen LogP contribution in [0.2, 0.25) is 0 Å². The van der Waals surface area contributed by atoms with Crippen molar-refractivity contribution < 1.29 is 13.2 Å². The van der Waals surface area contributed by atoms with Crippen LogP contribution in [0.5, 0.6) is 0 Å². The van der Waals surface area contributed by atoms with Crippen molar-refractivity contribution in [3.8, 4) is 0 Å². The molecule has 8 heteroatoms. The van der Waals surface area contributed by atoms with Crippen molar-refractivity contribution in [2.24, 2.45) is 0 Å². The summed E-state index contributed by atoms with van der Waals surface area (Å²) in [6, 6.07) is 10.0. The van der Waals surface area contributed by atoms with E-state index in [-0.39, 0.29) is 10.8 Å². The zero-order valence-corrected chi connectivity index (χ0v) is 15.7. The van der Waals surface area contributed by atoms with E-state index in [1.807, 2.05) is 12.1 Å². The highest BCUT2D eigenvalue weighted by Gasteiger charge is 2.23. The standard InChI is InChI=1S/C18H22N4O3S/c1-20(2)26(24,25)17-5-3-15(4-6-17)18(23)22-13-11-21(12-14-22)16-7-9-19-10-8-16/h3-10H,11-14H2,1-2H3. The molecule has 1 aromatic heterocycles. The Morgan fingerprint density at radius 2 is 1.54 bits per heavy atom. The number of hydrogen-bond acceptors (Lipinski definition) is 5. The summed E-state index contributed by atoms with van der Waals surface area (Å²) < 4.78 is 25.4. The molecule has 0 spiro atoms. The topological polar surface area (TPSA) is 73.8 Å². The van der Waals surface area contributed by atoms with Gasteiger partial charge in [-0.2, -0.15) is 0 Å². The molecule has 0 bridgehead atoms. The molecule has 3 rings (SSSR count). The molecule has 1 saturated heterocycles. The van der Waals surface area contributed by atoms with Gasteiger partial charge in [-0.1, -0.05) is 0 Å². The molecule has 1 aliphatic rings. The third-order valence-corrected chi connectivity index (χ3v) is 6.30. The number of benzene rings is 1. The van der Waals surface area contributed by atoms with Crippen molar-refractivity contribution in [2.45, 2.75) is 4.90 Å². The van der Waals surface area contributed by atoms with Crippen LogP contribution < -0.4 is 4.90 Å². The van der Waals surface area contributed by atoms with Gasteiger partial charge in [0.05, 0.1) is 4.90 Å². The quantitative estimate of drug-likeness (QED) is 0.806. The van der Waals surface area contributed by atoms with Crippen molar-refractivity contribution >= 4 is 21.6 Å². The van der Waals surface area contributed by atoms with Crippen LogP contribution in [0, 0.1) is 0 Å². The lowest BCUT2D eigenvalue weighted by Crippen LogP contribution is -2.48. The van der Waals surface area contributed by atoms with E-state index >= 15 is 0 Å². The lowest BCUT2D eigenvalue weighted by atomic mass is 10.2. The van der Waals surface area contributed by atoms with Gasteiger partial charge in [-0.15, -0.1) is 0 Å². The first-order valence-electron chi connectivity index (χ1n) is 8.36. The zero-order valence-electron chi connectivity index (χ0n) is 14.9. The fourth-order valence-electron chi connectivity index (χ4n) is 2.89. The van der Waals surface area contributed by atoms with Crippen LogP contribution in [0.15, 0.2) is 53.7 Å². The van der Waals surface area contributed by atoms with Gasteiger partial charge in [0.1, 0.15) is 0 Å². The van der Waals surface area contributed by atoms with E-state index in [4.69, 9.17) is 0 Å². The second-order valence-electron chi connectivity index (χ2n) is 6.30. The first-order valence-corrected chi connectivity index (χ1v) is 9.80. The summed E-state index contributed by atoms with van der Waals surface area (Å²) in [6.45, 7) is 2.75. The normalized spacial score (nSPS) is 15.3. The van der Waals surface area contributed by atoms with E-state index in [1.165, 1.54) is 26.2 Å². The highest BCUT2D eigenvalue weighted by molar-refractivity contribution is 7.89. The molecule has 0 N–H and O–H groups in total. The molecule has 138 valence electrons. The highest BCUT2D eigenvalue weighted by atomic mass is 32.2. The average Bonchev–Trinajstić information content (AvgIpc) is 2.68. The first kappa shape index (κ1) is 18.3. The number of sulfonamides is 1. The summed E-state index contributed by atoms with van der Waals surface area (Å²) >= 11 is 0. The molecule has 2 heterocycles. The Bertz CT molecular complexity index is 859. The molecule has 0 atom stereocenters. The van der Waals surface area contributed by atoms with Crippen molar-refractivity contribution in [3.05, 3.63) is 54.4 Å². The fraction of sp³-hybridized carbons (Fsp3) is 0.333. The van der Waals surface area contributed by atoms with Crippen molar-refractivity contribution in [2.75, 3.05) is 45.2 Å². The molecule has 1 aromatic carbocycles. The van der Waals surface area contributed by atoms with Crippen LogP contribution in [-0.2, 0) is 10.0 Å². The number of piperazine rings is 1. The van der Waals surface area contributed by atoms with Gasteiger partial charge in [-0.3, -0.25) is 9.78 Å². The number of anilines is 1. The van der Waals surface area contributed by atoms with Gasteiger partial charge in [0.2, 0.25) is 10.0 Å². The van der Waals surface area contributed by atoms with Gasteiger partial charge >= 0.3 is 0 Å². The summed E-state index contributed by atoms with van der Waals surface area (Å²) in [4.78, 5) is 20.9. The molecule has 0 unspecified atom stereocenters. The highest BCUT2D eigenvalue weighted by Crippen LogP contribution is 2.18. The Labute approximate surface area is 153 Å². The minimum absolute atomic E-state index is 0.0758. The van der Waals surface area contributed by atoms with E-state index in [1.54, 1.807) is 29.4 Å². The van der Waals surface area contributed by atoms with E-state index in [2.05, 4.69) is 9.88 Å². The number of aromatic nitrogens is 1. The minimum Gasteiger partial charge on any atom is -0.368 e. The summed E-state index contributed by atoms with van der Waals surface area (Å²) in [5.41, 5.74) is 1.60. The molecule has 1 amide bonds. The molecular formula is C18H22N4O3S. The summed E-state index contributed by atoms with van der Waals surface area (Å²) in [6.07, 6.45) is 3.52. The maximum atomic E-state index is 12.7. The van der Waals surface area contributed by atoms with Crippen molar-refractivity contribution in [1.82, 2.24) is 14.2 Å². The maximum absolute atomic E-state index is 12.7. The molecular weight excluding hydrogens is 352 g/mol. The molecule has 1 fully saturated rings. The lowest BCUT2D eigenvalue weighted by Gasteiger charge is -2.36. The number of carbonyl (C=O) groups is 1. The van der Waals surface area contributed by atoms with Crippen LogP contribution in [-0.4, -0.2) is 68.8 Å². The van der Waals surface area contributed by atoms with Crippen molar-refractivity contribution in [3.63, 3.8) is 0 Å². The van der Waals surface area contributed by atoms with Crippen LogP contribution >= 0.6 is 0 Å². The second kappa shape index (κ2) is 7.43. The maximum Gasteiger partial charge on any atom is 0.253 e. The van der Waals surface area contributed by atoms with Crippen molar-refractivity contribution in [1.29, 1.82) is 0 Å². The Morgan fingerprint density at radius 1 is 0.962 bits per heavy atom. The largest absolute Gasteiger partial charge is 0.368 e. The van der Waals surface area contributed by atoms with Gasteiger partial charge in [-0.25, -0.2) is 12.7 Å². The fourth-order valence-corrected chi connectivity index (χ4v) is 3.79. The van der Waals surface area contributed by atoms with Gasteiger partial charge in [0.25, 0.3) is 5.91 Å². The number of amides is 1. The van der Waals surface area contributed by atoms with Gasteiger partial charge in [0.15, 0.2) is 0 Å². The number of pyridine rings is 1. The van der Waals surface area contributed by atoms with Gasteiger partial charge in [0, 0.05) is 63.9 Å². The minimum atomic E-state index is -3.49. The van der Waals surface area contributed by atoms with Gasteiger partial charge < -0.3 is 9.80 Å². The van der Waals surface area contributed by atoms with E-state index in [0.717, 1.165) is 23.1 Å². The predicted octanol–water partition coefficient (Wildman–Crippen LogP) is 1.29. The van der Waals surface area contributed by atoms with Crippen LogP contribution in [0.25, 0.3) is 0 Å². The zero-order chi connectivity index (χ0) is 18.7. The molecule has 0 aliphatic carbocycles. The number of rotatable bonds is 4. The number of hydrogen-bond donors (Lipinski definition) is 0. The SMILES string of the molecule is CN(C)S(=O)(=O)c1ccc(C(=O)N2CCN(c3ccncc3)CC2)cc1. The summed E-state index contributed by atoms with van der Waals surface area (Å²) in [5.74, 6) is -0.0758. The molecule has 0 saturated carbocycles. The summed E-state index contributed by atoms with van der Waals surface area (Å²) in [7, 11) is -0.520. The first-order chi connectivity index (χ1) is 12.4. The van der Waals surface area contributed by atoms with E-state index < -0.39 is 10.0 Å². The molecule has 1 aliphatic heterocycles. The Morgan fingerprint density at radius 3 is 2.08 bits per heavy atom. The lowest BCUT2D eigenvalue weighted by molar-refractivity contribution is 0.0746.